The number of nitrogens with zero attached hydrogens (tertiary/aromatic N) is 2. The topological polar surface area (TPSA) is 42.4 Å². The van der Waals surface area contributed by atoms with Crippen LogP contribution in [0.2, 0.25) is 0 Å². The van der Waals surface area contributed by atoms with Crippen molar-refractivity contribution in [3.63, 3.8) is 0 Å². The smallest absolute Gasteiger partial charge is 0.186 e. The highest BCUT2D eigenvalue weighted by atomic mass is 32.1. The van der Waals surface area contributed by atoms with E-state index >= 15 is 0 Å². The van der Waals surface area contributed by atoms with Gasteiger partial charge in [0, 0.05) is 25.4 Å². The third kappa shape index (κ3) is 2.84. The molecular formula is C12H18N2O2S. The van der Waals surface area contributed by atoms with E-state index in [4.69, 9.17) is 4.74 Å². The van der Waals surface area contributed by atoms with E-state index in [0.717, 1.165) is 18.2 Å². The number of Topliss-reactive ketones (excluding diaryl/α,β-unsaturated/α-hetero) is 1. The number of thiazole rings is 1. The van der Waals surface area contributed by atoms with Crippen LogP contribution >= 0.6 is 11.3 Å². The Kier molecular flexibility index (Phi) is 3.23. The maximum absolute atomic E-state index is 11.2. The van der Waals surface area contributed by atoms with E-state index in [1.807, 2.05) is 5.38 Å². The molecular weight excluding hydrogens is 236 g/mol. The van der Waals surface area contributed by atoms with Gasteiger partial charge in [-0.15, -0.1) is 11.3 Å². The van der Waals surface area contributed by atoms with Crippen LogP contribution in [-0.2, 0) is 4.74 Å². The van der Waals surface area contributed by atoms with Crippen LogP contribution in [-0.4, -0.2) is 35.6 Å². The van der Waals surface area contributed by atoms with Gasteiger partial charge in [0.2, 0.25) is 0 Å². The third-order valence-corrected chi connectivity index (χ3v) is 3.59. The third-order valence-electron chi connectivity index (χ3n) is 2.69. The summed E-state index contributed by atoms with van der Waals surface area (Å²) in [7, 11) is 0. The minimum absolute atomic E-state index is 0.0214. The summed E-state index contributed by atoms with van der Waals surface area (Å²) < 4.78 is 5.85. The van der Waals surface area contributed by atoms with E-state index in [1.54, 1.807) is 6.92 Å². The maximum Gasteiger partial charge on any atom is 0.186 e. The number of hydrogen-bond acceptors (Lipinski definition) is 5. The first-order valence-corrected chi connectivity index (χ1v) is 6.64. The predicted octanol–water partition coefficient (Wildman–Crippen LogP) is 2.35. The minimum Gasteiger partial charge on any atom is -0.369 e. The van der Waals surface area contributed by atoms with Gasteiger partial charge in [-0.25, -0.2) is 4.98 Å². The van der Waals surface area contributed by atoms with Crippen LogP contribution in [0.15, 0.2) is 5.38 Å². The lowest BCUT2D eigenvalue weighted by Crippen LogP contribution is -2.52. The van der Waals surface area contributed by atoms with Crippen molar-refractivity contribution in [1.29, 1.82) is 0 Å². The molecule has 1 unspecified atom stereocenters. The molecule has 1 aromatic heterocycles. The van der Waals surface area contributed by atoms with Gasteiger partial charge < -0.3 is 9.64 Å². The van der Waals surface area contributed by atoms with Crippen molar-refractivity contribution < 1.29 is 9.53 Å². The van der Waals surface area contributed by atoms with Crippen molar-refractivity contribution in [2.75, 3.05) is 18.0 Å². The second-order valence-electron chi connectivity index (χ2n) is 5.14. The maximum atomic E-state index is 11.2. The molecule has 17 heavy (non-hydrogen) atoms. The lowest BCUT2D eigenvalue weighted by atomic mass is 10.1. The average Bonchev–Trinajstić information content (AvgIpc) is 2.62. The Morgan fingerprint density at radius 1 is 1.65 bits per heavy atom. The number of morpholine rings is 1. The Morgan fingerprint density at radius 2 is 2.35 bits per heavy atom. The summed E-state index contributed by atoms with van der Waals surface area (Å²) >= 11 is 1.53. The van der Waals surface area contributed by atoms with Gasteiger partial charge in [0.05, 0.1) is 11.7 Å². The van der Waals surface area contributed by atoms with Crippen molar-refractivity contribution >= 4 is 22.3 Å². The highest BCUT2D eigenvalue weighted by Gasteiger charge is 2.32. The van der Waals surface area contributed by atoms with Gasteiger partial charge in [-0.3, -0.25) is 4.79 Å². The van der Waals surface area contributed by atoms with E-state index < -0.39 is 0 Å². The number of aromatic nitrogens is 1. The van der Waals surface area contributed by atoms with E-state index in [0.29, 0.717) is 5.69 Å². The van der Waals surface area contributed by atoms with Crippen LogP contribution in [0, 0.1) is 0 Å². The lowest BCUT2D eigenvalue weighted by molar-refractivity contribution is -0.0749. The second kappa shape index (κ2) is 4.38. The largest absolute Gasteiger partial charge is 0.369 e. The fourth-order valence-corrected chi connectivity index (χ4v) is 3.05. The molecule has 4 nitrogen and oxygen atoms in total. The molecule has 0 N–H and O–H groups in total. The van der Waals surface area contributed by atoms with Gasteiger partial charge in [0.15, 0.2) is 10.9 Å². The Morgan fingerprint density at radius 3 is 2.88 bits per heavy atom. The van der Waals surface area contributed by atoms with E-state index in [2.05, 4.69) is 30.7 Å². The Balaban J connectivity index is 2.18. The zero-order valence-corrected chi connectivity index (χ0v) is 11.5. The number of carbonyl (C=O) groups is 1. The number of anilines is 1. The van der Waals surface area contributed by atoms with Crippen molar-refractivity contribution in [2.24, 2.45) is 0 Å². The van der Waals surface area contributed by atoms with Gasteiger partial charge in [0.25, 0.3) is 0 Å². The number of ketones is 1. The van der Waals surface area contributed by atoms with Crippen molar-refractivity contribution in [2.45, 2.75) is 39.4 Å². The highest BCUT2D eigenvalue weighted by molar-refractivity contribution is 7.13. The molecule has 0 aliphatic carbocycles. The predicted molar refractivity (Wildman–Crippen MR) is 69.0 cm³/mol. The molecule has 1 aliphatic heterocycles. The van der Waals surface area contributed by atoms with E-state index in [-0.39, 0.29) is 17.5 Å². The molecule has 0 aromatic carbocycles. The van der Waals surface area contributed by atoms with Crippen LogP contribution in [0.5, 0.6) is 0 Å². The molecule has 2 heterocycles. The lowest BCUT2D eigenvalue weighted by Gasteiger charge is -2.41. The molecule has 0 saturated carbocycles. The Bertz CT molecular complexity index is 428. The molecule has 0 amide bonds. The summed E-state index contributed by atoms with van der Waals surface area (Å²) in [6, 6.07) is 0. The summed E-state index contributed by atoms with van der Waals surface area (Å²) in [4.78, 5) is 17.8. The minimum atomic E-state index is -0.167. The Labute approximate surface area is 106 Å². The number of ether oxygens (including phenoxy) is 1. The molecule has 0 spiro atoms. The zero-order valence-electron chi connectivity index (χ0n) is 10.7. The van der Waals surface area contributed by atoms with Gasteiger partial charge in [-0.2, -0.15) is 0 Å². The molecule has 94 valence electrons. The molecule has 1 fully saturated rings. The van der Waals surface area contributed by atoms with Gasteiger partial charge >= 0.3 is 0 Å². The number of rotatable bonds is 2. The molecule has 1 aliphatic rings. The van der Waals surface area contributed by atoms with Crippen LogP contribution in [0.3, 0.4) is 0 Å². The molecule has 1 atom stereocenters. The highest BCUT2D eigenvalue weighted by Crippen LogP contribution is 2.28. The first-order valence-electron chi connectivity index (χ1n) is 5.76. The standard InChI is InChI=1S/C12H18N2O2S/c1-8-5-14(7-12(3,4)16-8)11-13-10(6-17-11)9(2)15/h6,8H,5,7H2,1-4H3. The molecule has 0 bridgehead atoms. The molecule has 1 aromatic rings. The van der Waals surface area contributed by atoms with Crippen LogP contribution in [0.4, 0.5) is 5.13 Å². The SMILES string of the molecule is CC(=O)c1csc(N2CC(C)OC(C)(C)C2)n1. The second-order valence-corrected chi connectivity index (χ2v) is 5.98. The molecule has 1 saturated heterocycles. The monoisotopic (exact) mass is 254 g/mol. The van der Waals surface area contributed by atoms with Crippen LogP contribution in [0.25, 0.3) is 0 Å². The number of carbonyl (C=O) groups excluding carboxylic acids is 1. The molecule has 0 radical (unpaired) electrons. The van der Waals surface area contributed by atoms with Crippen LogP contribution < -0.4 is 4.90 Å². The number of hydrogen-bond donors (Lipinski definition) is 0. The zero-order chi connectivity index (χ0) is 12.6. The fraction of sp³-hybridized carbons (Fsp3) is 0.667. The summed E-state index contributed by atoms with van der Waals surface area (Å²) in [5, 5.41) is 2.74. The first-order chi connectivity index (χ1) is 7.87. The molecule has 2 rings (SSSR count). The van der Waals surface area contributed by atoms with Gasteiger partial charge in [-0.1, -0.05) is 0 Å². The van der Waals surface area contributed by atoms with Crippen LogP contribution in [0.1, 0.15) is 38.2 Å². The summed E-state index contributed by atoms with van der Waals surface area (Å²) in [6.07, 6.45) is 0.184. The quantitative estimate of drug-likeness (QED) is 0.760. The Hall–Kier alpha value is -0.940. The first kappa shape index (κ1) is 12.5. The summed E-state index contributed by atoms with van der Waals surface area (Å²) in [5.41, 5.74) is 0.390. The summed E-state index contributed by atoms with van der Waals surface area (Å²) in [5.74, 6) is 0.0214. The normalized spacial score (nSPS) is 23.8. The fourth-order valence-electron chi connectivity index (χ4n) is 2.17. The summed E-state index contributed by atoms with van der Waals surface area (Å²) in [6.45, 7) is 9.40. The van der Waals surface area contributed by atoms with Gasteiger partial charge in [-0.05, 0) is 20.8 Å². The average molecular weight is 254 g/mol. The van der Waals surface area contributed by atoms with Crippen molar-refractivity contribution in [3.8, 4) is 0 Å². The van der Waals surface area contributed by atoms with Crippen molar-refractivity contribution in [3.05, 3.63) is 11.1 Å². The van der Waals surface area contributed by atoms with Crippen molar-refractivity contribution in [1.82, 2.24) is 4.98 Å². The van der Waals surface area contributed by atoms with E-state index in [1.165, 1.54) is 11.3 Å². The molecule has 5 heteroatoms. The van der Waals surface area contributed by atoms with Gasteiger partial charge in [0.1, 0.15) is 5.69 Å². The van der Waals surface area contributed by atoms with E-state index in [9.17, 15) is 4.79 Å².